The maximum Gasteiger partial charge on any atom is 0.251 e. The van der Waals surface area contributed by atoms with Gasteiger partial charge in [-0.2, -0.15) is 5.26 Å². The molecule has 2 N–H and O–H groups in total. The van der Waals surface area contributed by atoms with Gasteiger partial charge in [-0.1, -0.05) is 24.3 Å². The van der Waals surface area contributed by atoms with E-state index < -0.39 is 35.9 Å². The third-order valence-corrected chi connectivity index (χ3v) is 4.53. The lowest BCUT2D eigenvalue weighted by Gasteiger charge is -2.19. The summed E-state index contributed by atoms with van der Waals surface area (Å²) in [6.45, 7) is -0.309. The minimum Gasteiger partial charge on any atom is -0.457 e. The van der Waals surface area contributed by atoms with Gasteiger partial charge in [-0.25, -0.2) is 8.78 Å². The van der Waals surface area contributed by atoms with E-state index in [4.69, 9.17) is 10.00 Å². The molecule has 6 nitrogen and oxygen atoms in total. The van der Waals surface area contributed by atoms with E-state index in [1.165, 1.54) is 18.2 Å². The van der Waals surface area contributed by atoms with Crippen LogP contribution in [0.15, 0.2) is 72.8 Å². The number of carbonyl (C=O) groups is 2. The zero-order valence-corrected chi connectivity index (χ0v) is 16.8. The molecular weight excluding hydrogens is 416 g/mol. The first-order valence-electron chi connectivity index (χ1n) is 9.69. The number of benzene rings is 3. The smallest absolute Gasteiger partial charge is 0.251 e. The molecule has 0 saturated heterocycles. The van der Waals surface area contributed by atoms with Crippen molar-refractivity contribution in [1.82, 2.24) is 10.6 Å². The van der Waals surface area contributed by atoms with E-state index in [0.29, 0.717) is 11.5 Å². The topological polar surface area (TPSA) is 91.2 Å². The molecule has 3 rings (SSSR count). The van der Waals surface area contributed by atoms with Crippen LogP contribution in [-0.2, 0) is 11.2 Å². The highest BCUT2D eigenvalue weighted by Gasteiger charge is 2.24. The van der Waals surface area contributed by atoms with Crippen molar-refractivity contribution in [1.29, 1.82) is 5.26 Å². The Morgan fingerprint density at radius 1 is 0.906 bits per heavy atom. The fourth-order valence-electron chi connectivity index (χ4n) is 2.93. The van der Waals surface area contributed by atoms with E-state index in [9.17, 15) is 18.4 Å². The number of nitrogens with zero attached hydrogens (tertiary/aromatic N) is 1. The summed E-state index contributed by atoms with van der Waals surface area (Å²) in [5.74, 6) is -1.88. The summed E-state index contributed by atoms with van der Waals surface area (Å²) in [4.78, 5) is 25.1. The number of carbonyl (C=O) groups excluding carboxylic acids is 2. The molecule has 32 heavy (non-hydrogen) atoms. The molecule has 0 aliphatic carbocycles. The first-order chi connectivity index (χ1) is 15.5. The van der Waals surface area contributed by atoms with E-state index in [2.05, 4.69) is 10.6 Å². The van der Waals surface area contributed by atoms with Crippen LogP contribution in [0, 0.1) is 23.0 Å². The number of hydrogen-bond donors (Lipinski definition) is 2. The zero-order chi connectivity index (χ0) is 22.9. The van der Waals surface area contributed by atoms with Crippen molar-refractivity contribution in [3.8, 4) is 17.6 Å². The van der Waals surface area contributed by atoms with Crippen molar-refractivity contribution in [2.24, 2.45) is 0 Å². The number of nitriles is 1. The van der Waals surface area contributed by atoms with Crippen LogP contribution in [0.1, 0.15) is 15.9 Å². The fourth-order valence-corrected chi connectivity index (χ4v) is 2.93. The Labute approximate surface area is 183 Å². The first kappa shape index (κ1) is 22.4. The molecule has 0 aliphatic rings. The fraction of sp³-hybridized carbons (Fsp3) is 0.125. The lowest BCUT2D eigenvalue weighted by Crippen LogP contribution is -2.48. The number of para-hydroxylation sites is 1. The van der Waals surface area contributed by atoms with Crippen LogP contribution in [0.5, 0.6) is 11.5 Å². The van der Waals surface area contributed by atoms with Crippen LogP contribution in [0.4, 0.5) is 8.78 Å². The monoisotopic (exact) mass is 435 g/mol. The third-order valence-electron chi connectivity index (χ3n) is 4.53. The maximum atomic E-state index is 14.1. The molecule has 0 aliphatic heterocycles. The van der Waals surface area contributed by atoms with Crippen molar-refractivity contribution >= 4 is 11.8 Å². The summed E-state index contributed by atoms with van der Waals surface area (Å²) < 4.78 is 33.8. The first-order valence-corrected chi connectivity index (χ1v) is 9.69. The summed E-state index contributed by atoms with van der Waals surface area (Å²) >= 11 is 0. The normalized spacial score (nSPS) is 11.2. The van der Waals surface area contributed by atoms with E-state index in [0.717, 1.165) is 12.1 Å². The lowest BCUT2D eigenvalue weighted by atomic mass is 10.0. The average molecular weight is 435 g/mol. The number of ether oxygens (including phenoxy) is 1. The van der Waals surface area contributed by atoms with E-state index in [1.807, 2.05) is 18.2 Å². The van der Waals surface area contributed by atoms with Gasteiger partial charge in [0.1, 0.15) is 35.7 Å². The molecule has 8 heteroatoms. The Morgan fingerprint density at radius 3 is 2.16 bits per heavy atom. The van der Waals surface area contributed by atoms with Crippen molar-refractivity contribution in [2.45, 2.75) is 12.5 Å². The lowest BCUT2D eigenvalue weighted by molar-refractivity contribution is -0.122. The number of halogens is 2. The van der Waals surface area contributed by atoms with Gasteiger partial charge < -0.3 is 15.4 Å². The van der Waals surface area contributed by atoms with Gasteiger partial charge in [-0.3, -0.25) is 9.59 Å². The minimum absolute atomic E-state index is 0.220. The van der Waals surface area contributed by atoms with Gasteiger partial charge in [0.2, 0.25) is 5.91 Å². The van der Waals surface area contributed by atoms with Crippen molar-refractivity contribution in [3.05, 3.63) is 95.6 Å². The Hall–Kier alpha value is -4.25. The van der Waals surface area contributed by atoms with Crippen molar-refractivity contribution in [2.75, 3.05) is 6.54 Å². The highest BCUT2D eigenvalue weighted by Crippen LogP contribution is 2.21. The van der Waals surface area contributed by atoms with Gasteiger partial charge in [0, 0.05) is 17.5 Å². The molecule has 0 saturated carbocycles. The number of rotatable bonds is 8. The molecule has 0 fully saturated rings. The Balaban J connectivity index is 1.74. The predicted octanol–water partition coefficient (Wildman–Crippen LogP) is 3.74. The molecule has 1 atom stereocenters. The summed E-state index contributed by atoms with van der Waals surface area (Å²) in [5.41, 5.74) is -0.117. The number of hydrogen-bond acceptors (Lipinski definition) is 4. The molecule has 3 aromatic rings. The molecule has 3 aromatic carbocycles. The number of nitrogens with one attached hydrogen (secondary N) is 2. The Morgan fingerprint density at radius 2 is 1.53 bits per heavy atom. The summed E-state index contributed by atoms with van der Waals surface area (Å²) in [7, 11) is 0. The number of amides is 2. The van der Waals surface area contributed by atoms with Crippen LogP contribution >= 0.6 is 0 Å². The molecule has 0 bridgehead atoms. The van der Waals surface area contributed by atoms with Crippen LogP contribution < -0.4 is 15.4 Å². The summed E-state index contributed by atoms with van der Waals surface area (Å²) in [6.07, 6.45) is -0.420. The zero-order valence-electron chi connectivity index (χ0n) is 16.8. The molecule has 0 heterocycles. The summed E-state index contributed by atoms with van der Waals surface area (Å²) in [6, 6.07) is 19.0. The van der Waals surface area contributed by atoms with Gasteiger partial charge in [0.25, 0.3) is 5.91 Å². The highest BCUT2D eigenvalue weighted by molar-refractivity contribution is 5.97. The van der Waals surface area contributed by atoms with Gasteiger partial charge in [0.15, 0.2) is 0 Å². The molecule has 0 aromatic heterocycles. The van der Waals surface area contributed by atoms with Crippen molar-refractivity contribution in [3.63, 3.8) is 0 Å². The average Bonchev–Trinajstić information content (AvgIpc) is 2.80. The predicted molar refractivity (Wildman–Crippen MR) is 113 cm³/mol. The second kappa shape index (κ2) is 10.7. The van der Waals surface area contributed by atoms with Gasteiger partial charge in [0.05, 0.1) is 6.07 Å². The molecule has 0 radical (unpaired) electrons. The molecule has 2 amide bonds. The van der Waals surface area contributed by atoms with Crippen LogP contribution in [-0.4, -0.2) is 24.4 Å². The second-order valence-corrected chi connectivity index (χ2v) is 6.75. The van der Waals surface area contributed by atoms with E-state index >= 15 is 0 Å². The van der Waals surface area contributed by atoms with E-state index in [-0.39, 0.29) is 17.7 Å². The highest BCUT2D eigenvalue weighted by atomic mass is 19.1. The van der Waals surface area contributed by atoms with Gasteiger partial charge in [-0.15, -0.1) is 0 Å². The van der Waals surface area contributed by atoms with E-state index in [1.54, 1.807) is 30.3 Å². The quantitative estimate of drug-likeness (QED) is 0.528. The largest absolute Gasteiger partial charge is 0.457 e. The minimum atomic E-state index is -1.29. The van der Waals surface area contributed by atoms with Crippen LogP contribution in [0.25, 0.3) is 0 Å². The summed E-state index contributed by atoms with van der Waals surface area (Å²) in [5, 5.41) is 13.5. The van der Waals surface area contributed by atoms with Gasteiger partial charge >= 0.3 is 0 Å². The molecule has 0 spiro atoms. The van der Waals surface area contributed by atoms with Crippen LogP contribution in [0.2, 0.25) is 0 Å². The molecular formula is C24H19F2N3O3. The van der Waals surface area contributed by atoms with Gasteiger partial charge in [-0.05, 0) is 48.5 Å². The van der Waals surface area contributed by atoms with Crippen LogP contribution in [0.3, 0.4) is 0 Å². The van der Waals surface area contributed by atoms with Crippen molar-refractivity contribution < 1.29 is 23.1 Å². The third kappa shape index (κ3) is 5.89. The maximum absolute atomic E-state index is 14.1. The standard InChI is InChI=1S/C24H19F2N3O3/c25-20-7-4-8-21(26)19(20)15-22(24(31)28-14-13-27)29-23(30)16-9-11-18(12-10-16)32-17-5-2-1-3-6-17/h1-12,22H,14-15H2,(H,28,31)(H,29,30). The Kier molecular flexibility index (Phi) is 7.49. The second-order valence-electron chi connectivity index (χ2n) is 6.75. The SMILES string of the molecule is N#CCNC(=O)C(Cc1c(F)cccc1F)NC(=O)c1ccc(Oc2ccccc2)cc1. The molecule has 162 valence electrons. The molecule has 1 unspecified atom stereocenters. The Bertz CT molecular complexity index is 1110.